The summed E-state index contributed by atoms with van der Waals surface area (Å²) in [6.45, 7) is 4.41. The first-order chi connectivity index (χ1) is 15.9. The Balaban J connectivity index is 1.79. The van der Waals surface area contributed by atoms with E-state index < -0.39 is 5.91 Å². The Morgan fingerprint density at radius 1 is 1.09 bits per heavy atom. The van der Waals surface area contributed by atoms with E-state index in [9.17, 15) is 10.1 Å². The number of carbonyl (C=O) groups excluding carboxylic acids is 1. The van der Waals surface area contributed by atoms with Crippen LogP contribution in [0, 0.1) is 18.3 Å². The first-order valence-electron chi connectivity index (χ1n) is 10.5. The molecule has 0 aromatic heterocycles. The Bertz CT molecular complexity index is 1190. The number of halogens is 1. The van der Waals surface area contributed by atoms with Crippen molar-refractivity contribution in [1.82, 2.24) is 0 Å². The molecule has 0 atom stereocenters. The van der Waals surface area contributed by atoms with Crippen LogP contribution in [0.2, 0.25) is 5.02 Å². The zero-order valence-corrected chi connectivity index (χ0v) is 19.6. The number of carbonyl (C=O) groups is 1. The summed E-state index contributed by atoms with van der Waals surface area (Å²) in [5.41, 5.74) is 4.44. The highest BCUT2D eigenvalue weighted by atomic mass is 35.5. The van der Waals surface area contributed by atoms with Gasteiger partial charge >= 0.3 is 0 Å². The van der Waals surface area contributed by atoms with E-state index in [1.165, 1.54) is 18.7 Å². The highest BCUT2D eigenvalue weighted by Crippen LogP contribution is 2.37. The van der Waals surface area contributed by atoms with Crippen LogP contribution in [0.4, 0.5) is 5.69 Å². The van der Waals surface area contributed by atoms with Crippen molar-refractivity contribution >= 4 is 29.3 Å². The summed E-state index contributed by atoms with van der Waals surface area (Å²) in [7, 11) is 1.51. The molecule has 3 rings (SSSR count). The lowest BCUT2D eigenvalue weighted by Gasteiger charge is -2.14. The molecule has 168 valence electrons. The number of hydrogen-bond donors (Lipinski definition) is 1. The fraction of sp³-hybridized carbons (Fsp3) is 0.185. The first-order valence-corrected chi connectivity index (χ1v) is 10.9. The number of nitrogens with zero attached hydrogens (tertiary/aromatic N) is 1. The monoisotopic (exact) mass is 460 g/mol. The molecule has 3 aromatic carbocycles. The highest BCUT2D eigenvalue weighted by molar-refractivity contribution is 6.32. The molecule has 0 aliphatic carbocycles. The van der Waals surface area contributed by atoms with Crippen molar-refractivity contribution in [1.29, 1.82) is 5.26 Å². The van der Waals surface area contributed by atoms with Crippen LogP contribution in [0.15, 0.2) is 66.2 Å². The fourth-order valence-electron chi connectivity index (χ4n) is 3.14. The second kappa shape index (κ2) is 11.2. The van der Waals surface area contributed by atoms with Gasteiger partial charge in [-0.3, -0.25) is 4.79 Å². The molecule has 0 radical (unpaired) electrons. The third kappa shape index (κ3) is 6.38. The quantitative estimate of drug-likeness (QED) is 0.314. The van der Waals surface area contributed by atoms with Crippen LogP contribution < -0.4 is 14.8 Å². The number of anilines is 1. The molecule has 0 saturated heterocycles. The predicted molar refractivity (Wildman–Crippen MR) is 132 cm³/mol. The highest BCUT2D eigenvalue weighted by Gasteiger charge is 2.14. The van der Waals surface area contributed by atoms with Crippen molar-refractivity contribution in [3.8, 4) is 17.6 Å². The fourth-order valence-corrected chi connectivity index (χ4v) is 3.41. The molecule has 0 saturated carbocycles. The maximum Gasteiger partial charge on any atom is 0.266 e. The van der Waals surface area contributed by atoms with Crippen LogP contribution in [0.5, 0.6) is 11.5 Å². The summed E-state index contributed by atoms with van der Waals surface area (Å²) < 4.78 is 11.3. The van der Waals surface area contributed by atoms with Crippen molar-refractivity contribution < 1.29 is 14.3 Å². The molecule has 0 aliphatic heterocycles. The number of aryl methyl sites for hydroxylation is 2. The predicted octanol–water partition coefficient (Wildman–Crippen LogP) is 6.34. The summed E-state index contributed by atoms with van der Waals surface area (Å²) in [6.07, 6.45) is 2.37. The number of nitriles is 1. The average Bonchev–Trinajstić information content (AvgIpc) is 2.83. The van der Waals surface area contributed by atoms with E-state index in [1.54, 1.807) is 12.1 Å². The average molecular weight is 461 g/mol. The van der Waals surface area contributed by atoms with Crippen molar-refractivity contribution in [3.63, 3.8) is 0 Å². The van der Waals surface area contributed by atoms with Crippen LogP contribution >= 0.6 is 11.6 Å². The second-order valence-electron chi connectivity index (χ2n) is 7.48. The SMILES string of the molecule is CCc1ccc(NC(=O)/C(C#N)=C/c2cc(Cl)c(OCc3ccc(C)cc3)c(OC)c2)cc1. The summed E-state index contributed by atoms with van der Waals surface area (Å²) >= 11 is 6.45. The number of ether oxygens (including phenoxy) is 2. The largest absolute Gasteiger partial charge is 0.493 e. The molecule has 0 bridgehead atoms. The number of benzene rings is 3. The van der Waals surface area contributed by atoms with Crippen LogP contribution in [-0.4, -0.2) is 13.0 Å². The summed E-state index contributed by atoms with van der Waals surface area (Å²) in [4.78, 5) is 12.6. The molecule has 0 fully saturated rings. The molecule has 0 aliphatic rings. The molecule has 6 heteroatoms. The number of hydrogen-bond acceptors (Lipinski definition) is 4. The van der Waals surface area contributed by atoms with Crippen LogP contribution in [0.3, 0.4) is 0 Å². The van der Waals surface area contributed by atoms with Crippen molar-refractivity contribution in [3.05, 3.63) is 93.5 Å². The summed E-state index contributed by atoms with van der Waals surface area (Å²) in [6, 6.07) is 20.8. The zero-order chi connectivity index (χ0) is 23.8. The van der Waals surface area contributed by atoms with E-state index in [2.05, 4.69) is 12.2 Å². The molecule has 1 amide bonds. The minimum absolute atomic E-state index is 0.0546. The van der Waals surface area contributed by atoms with Crippen LogP contribution in [0.1, 0.15) is 29.2 Å². The van der Waals surface area contributed by atoms with Gasteiger partial charge in [0.25, 0.3) is 5.91 Å². The minimum Gasteiger partial charge on any atom is -0.493 e. The second-order valence-corrected chi connectivity index (χ2v) is 7.89. The van der Waals surface area contributed by atoms with Gasteiger partial charge in [-0.2, -0.15) is 5.26 Å². The van der Waals surface area contributed by atoms with E-state index in [1.807, 2.05) is 61.5 Å². The maximum atomic E-state index is 12.6. The minimum atomic E-state index is -0.503. The summed E-state index contributed by atoms with van der Waals surface area (Å²) in [5.74, 6) is 0.307. The van der Waals surface area contributed by atoms with Gasteiger partial charge in [0.2, 0.25) is 0 Å². The molecule has 33 heavy (non-hydrogen) atoms. The standard InChI is InChI=1S/C27H25ClN2O3/c1-4-19-9-11-23(12-10-19)30-27(31)22(16-29)13-21-14-24(28)26(25(15-21)32-3)33-17-20-7-5-18(2)6-8-20/h5-15H,4,17H2,1-3H3,(H,30,31)/b22-13+. The van der Waals surface area contributed by atoms with Gasteiger partial charge in [0.15, 0.2) is 11.5 Å². The van der Waals surface area contributed by atoms with Gasteiger partial charge in [-0.25, -0.2) is 0 Å². The Morgan fingerprint density at radius 3 is 2.36 bits per heavy atom. The Hall–Kier alpha value is -3.75. The molecule has 0 unspecified atom stereocenters. The number of methoxy groups -OCH3 is 1. The maximum absolute atomic E-state index is 12.6. The van der Waals surface area contributed by atoms with Gasteiger partial charge < -0.3 is 14.8 Å². The first kappa shape index (κ1) is 23.9. The summed E-state index contributed by atoms with van der Waals surface area (Å²) in [5, 5.41) is 12.6. The number of nitrogens with one attached hydrogen (secondary N) is 1. The smallest absolute Gasteiger partial charge is 0.266 e. The molecule has 5 nitrogen and oxygen atoms in total. The van der Waals surface area contributed by atoms with E-state index in [0.717, 1.165) is 17.5 Å². The Morgan fingerprint density at radius 2 is 1.76 bits per heavy atom. The Kier molecular flexibility index (Phi) is 8.12. The van der Waals surface area contributed by atoms with E-state index in [4.69, 9.17) is 21.1 Å². The number of rotatable bonds is 8. The van der Waals surface area contributed by atoms with Gasteiger partial charge in [-0.15, -0.1) is 0 Å². The van der Waals surface area contributed by atoms with Gasteiger partial charge in [0, 0.05) is 5.69 Å². The van der Waals surface area contributed by atoms with Crippen LogP contribution in [-0.2, 0) is 17.8 Å². The van der Waals surface area contributed by atoms with Crippen molar-refractivity contribution in [2.24, 2.45) is 0 Å². The van der Waals surface area contributed by atoms with Gasteiger partial charge in [-0.1, -0.05) is 60.5 Å². The van der Waals surface area contributed by atoms with Crippen molar-refractivity contribution in [2.45, 2.75) is 26.9 Å². The topological polar surface area (TPSA) is 71.4 Å². The zero-order valence-electron chi connectivity index (χ0n) is 18.8. The van der Waals surface area contributed by atoms with Gasteiger partial charge in [0.05, 0.1) is 12.1 Å². The van der Waals surface area contributed by atoms with E-state index >= 15 is 0 Å². The molecular formula is C27H25ClN2O3. The molecule has 0 heterocycles. The van der Waals surface area contributed by atoms with Gasteiger partial charge in [-0.05, 0) is 60.4 Å². The van der Waals surface area contributed by atoms with Crippen molar-refractivity contribution in [2.75, 3.05) is 12.4 Å². The lowest BCUT2D eigenvalue weighted by atomic mass is 10.1. The third-order valence-corrected chi connectivity index (χ3v) is 5.33. The molecule has 3 aromatic rings. The van der Waals surface area contributed by atoms with Gasteiger partial charge in [0.1, 0.15) is 18.2 Å². The lowest BCUT2D eigenvalue weighted by molar-refractivity contribution is -0.112. The van der Waals surface area contributed by atoms with Crippen LogP contribution in [0.25, 0.3) is 6.08 Å². The number of amides is 1. The third-order valence-electron chi connectivity index (χ3n) is 5.05. The Labute approximate surface area is 199 Å². The molecular weight excluding hydrogens is 436 g/mol. The lowest BCUT2D eigenvalue weighted by Crippen LogP contribution is -2.13. The normalized spacial score (nSPS) is 10.9. The molecule has 1 N–H and O–H groups in total. The molecule has 0 spiro atoms. The van der Waals surface area contributed by atoms with E-state index in [0.29, 0.717) is 34.4 Å². The van der Waals surface area contributed by atoms with E-state index in [-0.39, 0.29) is 5.57 Å².